The minimum Gasteiger partial charge on any atom is -0.508 e. The summed E-state index contributed by atoms with van der Waals surface area (Å²) in [4.78, 5) is 34.6. The number of carbonyl (C=O) groups is 3. The fraction of sp³-hybridized carbons (Fsp3) is 0.133. The van der Waals surface area contributed by atoms with Gasteiger partial charge in [-0.1, -0.05) is 6.08 Å². The van der Waals surface area contributed by atoms with Crippen LogP contribution in [0.1, 0.15) is 16.8 Å². The minimum atomic E-state index is -0.737. The van der Waals surface area contributed by atoms with E-state index in [1.54, 1.807) is 0 Å². The average Bonchev–Trinajstić information content (AvgIpc) is 2.40. The molecule has 2 aliphatic rings. The van der Waals surface area contributed by atoms with Gasteiger partial charge in [-0.05, 0) is 17.7 Å². The number of phenolic OH excluding ortho intramolecular Hbond substituents is 2. The summed E-state index contributed by atoms with van der Waals surface area (Å²) in [5, 5.41) is 19.1. The molecule has 0 aromatic heterocycles. The molecule has 0 radical (unpaired) electrons. The zero-order valence-electron chi connectivity index (χ0n) is 10.7. The highest BCUT2D eigenvalue weighted by atomic mass is 16.5. The van der Waals surface area contributed by atoms with Gasteiger partial charge in [-0.25, -0.2) is 0 Å². The molecule has 0 spiro atoms. The summed E-state index contributed by atoms with van der Waals surface area (Å²) in [6, 6.07) is 2.28. The van der Waals surface area contributed by atoms with Gasteiger partial charge in [0.15, 0.2) is 5.78 Å². The van der Waals surface area contributed by atoms with Gasteiger partial charge in [-0.3, -0.25) is 14.4 Å². The topological polar surface area (TPSA) is 101 Å². The van der Waals surface area contributed by atoms with Crippen LogP contribution in [0.5, 0.6) is 17.2 Å². The van der Waals surface area contributed by atoms with Gasteiger partial charge < -0.3 is 14.9 Å². The maximum Gasteiger partial charge on any atom is 0.226 e. The SMILES string of the molecule is O=C1C=CC(C2CC(=O)c3c(O)cc(O)cc3O2)=CC1=O. The Hall–Kier alpha value is -2.89. The smallest absolute Gasteiger partial charge is 0.226 e. The molecule has 6 heteroatoms. The van der Waals surface area contributed by atoms with Crippen LogP contribution in [0.25, 0.3) is 0 Å². The fourth-order valence-corrected chi connectivity index (χ4v) is 2.34. The second-order valence-corrected chi connectivity index (χ2v) is 4.78. The molecule has 0 saturated heterocycles. The quantitative estimate of drug-likeness (QED) is 0.591. The second-order valence-electron chi connectivity index (χ2n) is 4.78. The molecule has 3 rings (SSSR count). The van der Waals surface area contributed by atoms with E-state index in [1.807, 2.05) is 0 Å². The van der Waals surface area contributed by atoms with E-state index in [1.165, 1.54) is 12.1 Å². The van der Waals surface area contributed by atoms with Crippen LogP contribution in [-0.2, 0) is 9.59 Å². The number of allylic oxidation sites excluding steroid dienone is 2. The summed E-state index contributed by atoms with van der Waals surface area (Å²) in [6.07, 6.45) is 2.88. The van der Waals surface area contributed by atoms with Crippen molar-refractivity contribution in [1.29, 1.82) is 0 Å². The lowest BCUT2D eigenvalue weighted by molar-refractivity contribution is -0.131. The van der Waals surface area contributed by atoms with Gasteiger partial charge in [0.25, 0.3) is 0 Å². The number of ketones is 3. The average molecular weight is 286 g/mol. The van der Waals surface area contributed by atoms with Gasteiger partial charge in [-0.2, -0.15) is 0 Å². The van der Waals surface area contributed by atoms with Crippen LogP contribution in [0.4, 0.5) is 0 Å². The number of aromatic hydroxyl groups is 2. The molecule has 1 aliphatic carbocycles. The van der Waals surface area contributed by atoms with E-state index in [0.29, 0.717) is 5.57 Å². The maximum absolute atomic E-state index is 12.1. The highest BCUT2D eigenvalue weighted by Crippen LogP contribution is 2.39. The highest BCUT2D eigenvalue weighted by Gasteiger charge is 2.32. The third kappa shape index (κ3) is 2.20. The van der Waals surface area contributed by atoms with Gasteiger partial charge in [0.2, 0.25) is 11.6 Å². The van der Waals surface area contributed by atoms with E-state index in [9.17, 15) is 24.6 Å². The summed E-state index contributed by atoms with van der Waals surface area (Å²) < 4.78 is 5.56. The Bertz CT molecular complexity index is 741. The van der Waals surface area contributed by atoms with Crippen molar-refractivity contribution in [2.75, 3.05) is 0 Å². The van der Waals surface area contributed by atoms with Crippen LogP contribution in [0.2, 0.25) is 0 Å². The summed E-state index contributed by atoms with van der Waals surface area (Å²) in [7, 11) is 0. The van der Waals surface area contributed by atoms with Crippen molar-refractivity contribution in [2.24, 2.45) is 0 Å². The zero-order valence-corrected chi connectivity index (χ0v) is 10.7. The van der Waals surface area contributed by atoms with Gasteiger partial charge in [-0.15, -0.1) is 0 Å². The summed E-state index contributed by atoms with van der Waals surface area (Å²) in [5.74, 6) is -2.21. The van der Waals surface area contributed by atoms with Crippen LogP contribution < -0.4 is 4.74 Å². The van der Waals surface area contributed by atoms with Crippen molar-refractivity contribution < 1.29 is 29.3 Å². The lowest BCUT2D eigenvalue weighted by Crippen LogP contribution is -2.30. The molecule has 6 nitrogen and oxygen atoms in total. The fourth-order valence-electron chi connectivity index (χ4n) is 2.34. The van der Waals surface area contributed by atoms with Crippen LogP contribution >= 0.6 is 0 Å². The molecular weight excluding hydrogens is 276 g/mol. The second kappa shape index (κ2) is 4.59. The van der Waals surface area contributed by atoms with Crippen molar-refractivity contribution in [3.05, 3.63) is 41.5 Å². The van der Waals surface area contributed by atoms with E-state index >= 15 is 0 Å². The van der Waals surface area contributed by atoms with Gasteiger partial charge >= 0.3 is 0 Å². The molecule has 21 heavy (non-hydrogen) atoms. The summed E-state index contributed by atoms with van der Waals surface area (Å²) in [6.45, 7) is 0. The summed E-state index contributed by atoms with van der Waals surface area (Å²) in [5.41, 5.74) is 0.410. The van der Waals surface area contributed by atoms with Crippen molar-refractivity contribution >= 4 is 17.3 Å². The Morgan fingerprint density at radius 2 is 1.81 bits per heavy atom. The number of hydrogen-bond donors (Lipinski definition) is 2. The molecule has 1 aromatic rings. The molecule has 1 aromatic carbocycles. The predicted molar refractivity (Wildman–Crippen MR) is 70.4 cm³/mol. The van der Waals surface area contributed by atoms with Gasteiger partial charge in [0.05, 0.1) is 6.42 Å². The molecule has 2 N–H and O–H groups in total. The van der Waals surface area contributed by atoms with Crippen molar-refractivity contribution in [1.82, 2.24) is 0 Å². The maximum atomic E-state index is 12.1. The van der Waals surface area contributed by atoms with Gasteiger partial charge in [0.1, 0.15) is 28.9 Å². The third-order valence-corrected chi connectivity index (χ3v) is 3.32. The first kappa shape index (κ1) is 13.1. The number of fused-ring (bicyclic) bond motifs is 1. The number of rotatable bonds is 1. The number of phenols is 2. The third-order valence-electron chi connectivity index (χ3n) is 3.32. The highest BCUT2D eigenvalue weighted by molar-refractivity contribution is 6.46. The Kier molecular flexibility index (Phi) is 2.86. The van der Waals surface area contributed by atoms with Crippen LogP contribution in [0.15, 0.2) is 35.9 Å². The monoisotopic (exact) mass is 286 g/mol. The molecule has 0 amide bonds. The largest absolute Gasteiger partial charge is 0.508 e. The van der Waals surface area contributed by atoms with E-state index in [2.05, 4.69) is 0 Å². The van der Waals surface area contributed by atoms with Crippen LogP contribution in [0.3, 0.4) is 0 Å². The van der Waals surface area contributed by atoms with E-state index < -0.39 is 17.7 Å². The van der Waals surface area contributed by atoms with E-state index in [4.69, 9.17) is 4.74 Å². The zero-order chi connectivity index (χ0) is 15.1. The van der Waals surface area contributed by atoms with Crippen LogP contribution in [-0.4, -0.2) is 33.7 Å². The molecule has 1 atom stereocenters. The minimum absolute atomic E-state index is 0.00634. The van der Waals surface area contributed by atoms with Crippen molar-refractivity contribution in [3.8, 4) is 17.2 Å². The first-order valence-electron chi connectivity index (χ1n) is 6.19. The Balaban J connectivity index is 1.98. The van der Waals surface area contributed by atoms with Gasteiger partial charge in [0, 0.05) is 12.1 Å². The Labute approximate surface area is 119 Å². The molecule has 0 bridgehead atoms. The summed E-state index contributed by atoms with van der Waals surface area (Å²) >= 11 is 0. The number of carbonyl (C=O) groups excluding carboxylic acids is 3. The Morgan fingerprint density at radius 1 is 1.05 bits per heavy atom. The number of hydrogen-bond acceptors (Lipinski definition) is 6. The van der Waals surface area contributed by atoms with Crippen molar-refractivity contribution in [2.45, 2.75) is 12.5 Å². The first-order valence-corrected chi connectivity index (χ1v) is 6.19. The number of Topliss-reactive ketones (excluding diaryl/α,β-unsaturated/α-hetero) is 1. The molecule has 1 heterocycles. The predicted octanol–water partition coefficient (Wildman–Crippen LogP) is 1.07. The standard InChI is InChI=1S/C15H10O6/c16-8-4-11(19)15-12(20)6-13(21-14(15)5-8)7-1-2-9(17)10(18)3-7/h1-5,13,16,19H,6H2. The first-order chi connectivity index (χ1) is 9.95. The lowest BCUT2D eigenvalue weighted by Gasteiger charge is -2.27. The molecule has 0 fully saturated rings. The Morgan fingerprint density at radius 3 is 2.52 bits per heavy atom. The normalized spacial score (nSPS) is 20.9. The number of ether oxygens (including phenoxy) is 1. The molecular formula is C15H10O6. The molecule has 106 valence electrons. The molecule has 1 unspecified atom stereocenters. The molecule has 0 saturated carbocycles. The van der Waals surface area contributed by atoms with Crippen molar-refractivity contribution in [3.63, 3.8) is 0 Å². The lowest BCUT2D eigenvalue weighted by atomic mass is 9.92. The number of benzene rings is 1. The van der Waals surface area contributed by atoms with E-state index in [-0.39, 0.29) is 35.0 Å². The molecule has 1 aliphatic heterocycles. The van der Waals surface area contributed by atoms with Crippen LogP contribution in [0, 0.1) is 0 Å². The van der Waals surface area contributed by atoms with E-state index in [0.717, 1.165) is 18.2 Å².